The molecule has 2 aliphatic heterocycles. The van der Waals surface area contributed by atoms with Gasteiger partial charge < -0.3 is 14.7 Å². The van der Waals surface area contributed by atoms with Crippen molar-refractivity contribution in [1.82, 2.24) is 19.6 Å². The molecule has 4 rings (SSSR count). The number of carboxylic acid groups (broad SMARTS) is 1. The summed E-state index contributed by atoms with van der Waals surface area (Å²) in [6, 6.07) is 0. The van der Waals surface area contributed by atoms with E-state index in [0.29, 0.717) is 13.1 Å². The predicted molar refractivity (Wildman–Crippen MR) is 116 cm³/mol. The number of carbonyl (C=O) groups is 1. The average molecular weight is 417 g/mol. The summed E-state index contributed by atoms with van der Waals surface area (Å²) >= 11 is 0. The number of allylic oxidation sites excluding steroid dienone is 1. The molecule has 3 aliphatic rings. The highest BCUT2D eigenvalue weighted by molar-refractivity contribution is 5.71. The monoisotopic (exact) mass is 416 g/mol. The standard InChI is InChI=1S/C23H36N4O3/c1-22(2)15-23(30-16-22)9-7-17(8-10-23)20-18(24-27-11-5-6-19(20)27)14-25(3)12-13-26(4)21(28)29/h7H,5-6,8-16H2,1-4H3,(H,28,29). The van der Waals surface area contributed by atoms with Gasteiger partial charge in [-0.15, -0.1) is 0 Å². The van der Waals surface area contributed by atoms with Gasteiger partial charge in [0.1, 0.15) is 0 Å². The number of rotatable bonds is 6. The summed E-state index contributed by atoms with van der Waals surface area (Å²) < 4.78 is 8.49. The topological polar surface area (TPSA) is 70.8 Å². The molecule has 0 aromatic carbocycles. The molecule has 0 saturated carbocycles. The minimum Gasteiger partial charge on any atom is -0.465 e. The third kappa shape index (κ3) is 4.28. The zero-order valence-corrected chi connectivity index (χ0v) is 18.9. The van der Waals surface area contributed by atoms with Crippen molar-refractivity contribution in [3.8, 4) is 0 Å². The minimum absolute atomic E-state index is 0.0295. The molecule has 3 heterocycles. The molecule has 1 aromatic heterocycles. The van der Waals surface area contributed by atoms with Crippen LogP contribution in [-0.2, 0) is 24.2 Å². The number of amides is 1. The Bertz CT molecular complexity index is 844. The molecule has 1 spiro atoms. The van der Waals surface area contributed by atoms with Crippen LogP contribution in [0.4, 0.5) is 4.79 Å². The van der Waals surface area contributed by atoms with Crippen LogP contribution in [0.15, 0.2) is 6.08 Å². The van der Waals surface area contributed by atoms with Crippen molar-refractivity contribution in [3.63, 3.8) is 0 Å². The van der Waals surface area contributed by atoms with Gasteiger partial charge in [0.15, 0.2) is 0 Å². The van der Waals surface area contributed by atoms with Crippen LogP contribution in [-0.4, -0.2) is 70.2 Å². The highest BCUT2D eigenvalue weighted by atomic mass is 16.5. The smallest absolute Gasteiger partial charge is 0.407 e. The van der Waals surface area contributed by atoms with Crippen LogP contribution in [0.5, 0.6) is 0 Å². The van der Waals surface area contributed by atoms with Crippen LogP contribution in [0.2, 0.25) is 0 Å². The summed E-state index contributed by atoms with van der Waals surface area (Å²) in [6.07, 6.45) is 8.08. The third-order valence-corrected chi connectivity index (χ3v) is 6.94. The van der Waals surface area contributed by atoms with E-state index in [9.17, 15) is 4.79 Å². The molecule has 1 saturated heterocycles. The van der Waals surface area contributed by atoms with E-state index in [2.05, 4.69) is 29.5 Å². The molecule has 1 N–H and O–H groups in total. The molecule has 166 valence electrons. The molecule has 7 nitrogen and oxygen atoms in total. The first-order valence-corrected chi connectivity index (χ1v) is 11.2. The number of hydrogen-bond donors (Lipinski definition) is 1. The van der Waals surface area contributed by atoms with Crippen molar-refractivity contribution in [2.75, 3.05) is 33.8 Å². The van der Waals surface area contributed by atoms with E-state index in [4.69, 9.17) is 14.9 Å². The zero-order valence-electron chi connectivity index (χ0n) is 18.9. The molecule has 1 atom stereocenters. The molecule has 1 amide bonds. The minimum atomic E-state index is -0.886. The van der Waals surface area contributed by atoms with Crippen molar-refractivity contribution < 1.29 is 14.6 Å². The molecular weight excluding hydrogens is 380 g/mol. The first-order chi connectivity index (χ1) is 14.2. The molecular formula is C23H36N4O3. The van der Waals surface area contributed by atoms with Crippen LogP contribution in [0.3, 0.4) is 0 Å². The van der Waals surface area contributed by atoms with Gasteiger partial charge in [0.05, 0.1) is 17.9 Å². The Kier molecular flexibility index (Phi) is 5.70. The molecule has 7 heteroatoms. The number of ether oxygens (including phenoxy) is 1. The van der Waals surface area contributed by atoms with E-state index in [0.717, 1.165) is 57.5 Å². The zero-order chi connectivity index (χ0) is 21.5. The lowest BCUT2D eigenvalue weighted by Crippen LogP contribution is -2.34. The van der Waals surface area contributed by atoms with Crippen LogP contribution in [0.25, 0.3) is 5.57 Å². The Labute approximate surface area is 179 Å². The van der Waals surface area contributed by atoms with Gasteiger partial charge in [-0.3, -0.25) is 9.58 Å². The van der Waals surface area contributed by atoms with Gasteiger partial charge in [0, 0.05) is 44.5 Å². The molecule has 1 aromatic rings. The number of likely N-dealkylation sites (N-methyl/N-ethyl adjacent to an activating group) is 2. The first kappa shape index (κ1) is 21.4. The van der Waals surface area contributed by atoms with Gasteiger partial charge in [-0.25, -0.2) is 4.79 Å². The van der Waals surface area contributed by atoms with Gasteiger partial charge in [0.2, 0.25) is 0 Å². The molecule has 1 aliphatic carbocycles. The molecule has 0 radical (unpaired) electrons. The lowest BCUT2D eigenvalue weighted by atomic mass is 9.76. The summed E-state index contributed by atoms with van der Waals surface area (Å²) in [5.41, 5.74) is 5.63. The summed E-state index contributed by atoms with van der Waals surface area (Å²) in [5, 5.41) is 14.0. The van der Waals surface area contributed by atoms with Gasteiger partial charge in [-0.1, -0.05) is 19.9 Å². The number of fused-ring (bicyclic) bond motifs is 1. The van der Waals surface area contributed by atoms with Crippen molar-refractivity contribution in [2.45, 2.75) is 71.1 Å². The Morgan fingerprint density at radius 2 is 2.10 bits per heavy atom. The van der Waals surface area contributed by atoms with Crippen LogP contribution in [0.1, 0.15) is 62.9 Å². The second kappa shape index (κ2) is 8.00. The lowest BCUT2D eigenvalue weighted by molar-refractivity contribution is -0.00366. The second-order valence-electron chi connectivity index (χ2n) is 10.3. The maximum Gasteiger partial charge on any atom is 0.407 e. The van der Waals surface area contributed by atoms with E-state index < -0.39 is 6.09 Å². The average Bonchev–Trinajstić information content (AvgIpc) is 3.34. The van der Waals surface area contributed by atoms with Crippen molar-refractivity contribution in [2.24, 2.45) is 5.41 Å². The van der Waals surface area contributed by atoms with Crippen LogP contribution >= 0.6 is 0 Å². The quantitative estimate of drug-likeness (QED) is 0.767. The second-order valence-corrected chi connectivity index (χ2v) is 10.3. The number of nitrogens with zero attached hydrogens (tertiary/aromatic N) is 4. The summed E-state index contributed by atoms with van der Waals surface area (Å²) in [5.74, 6) is 0. The van der Waals surface area contributed by atoms with E-state index >= 15 is 0 Å². The highest BCUT2D eigenvalue weighted by Crippen LogP contribution is 2.48. The normalized spacial score (nSPS) is 25.0. The van der Waals surface area contributed by atoms with Crippen LogP contribution < -0.4 is 0 Å². The van der Waals surface area contributed by atoms with Gasteiger partial charge in [-0.05, 0) is 56.6 Å². The van der Waals surface area contributed by atoms with Gasteiger partial charge in [0.25, 0.3) is 0 Å². The van der Waals surface area contributed by atoms with Crippen molar-refractivity contribution in [3.05, 3.63) is 23.0 Å². The summed E-state index contributed by atoms with van der Waals surface area (Å²) in [4.78, 5) is 14.6. The predicted octanol–water partition coefficient (Wildman–Crippen LogP) is 3.62. The van der Waals surface area contributed by atoms with E-state index in [1.165, 1.54) is 28.2 Å². The lowest BCUT2D eigenvalue weighted by Gasteiger charge is -2.33. The maximum absolute atomic E-state index is 11.0. The van der Waals surface area contributed by atoms with E-state index in [1.807, 2.05) is 7.05 Å². The fourth-order valence-corrected chi connectivity index (χ4v) is 5.34. The summed E-state index contributed by atoms with van der Waals surface area (Å²) in [7, 11) is 3.66. The highest BCUT2D eigenvalue weighted by Gasteiger charge is 2.45. The Morgan fingerprint density at radius 1 is 1.30 bits per heavy atom. The Morgan fingerprint density at radius 3 is 2.73 bits per heavy atom. The van der Waals surface area contributed by atoms with Crippen molar-refractivity contribution in [1.29, 1.82) is 0 Å². The number of aryl methyl sites for hydroxylation is 1. The number of aromatic nitrogens is 2. The molecule has 1 unspecified atom stereocenters. The molecule has 0 bridgehead atoms. The maximum atomic E-state index is 11.0. The van der Waals surface area contributed by atoms with Gasteiger partial charge in [-0.2, -0.15) is 5.10 Å². The SMILES string of the molecule is CN(CCN(C)C(=O)O)Cc1nn2c(c1C1=CCC3(CC1)CC(C)(C)CO3)CCC2. The molecule has 1 fully saturated rings. The van der Waals surface area contributed by atoms with E-state index in [-0.39, 0.29) is 11.0 Å². The van der Waals surface area contributed by atoms with E-state index in [1.54, 1.807) is 7.05 Å². The largest absolute Gasteiger partial charge is 0.465 e. The van der Waals surface area contributed by atoms with Crippen molar-refractivity contribution >= 4 is 11.7 Å². The summed E-state index contributed by atoms with van der Waals surface area (Å²) in [6.45, 7) is 8.41. The fraction of sp³-hybridized carbons (Fsp3) is 0.739. The Hall–Kier alpha value is -1.86. The van der Waals surface area contributed by atoms with Gasteiger partial charge >= 0.3 is 6.09 Å². The number of hydrogen-bond acceptors (Lipinski definition) is 4. The molecule has 30 heavy (non-hydrogen) atoms. The fourth-order valence-electron chi connectivity index (χ4n) is 5.34. The first-order valence-electron chi connectivity index (χ1n) is 11.2. The van der Waals surface area contributed by atoms with Crippen LogP contribution in [0, 0.1) is 5.41 Å². The Balaban J connectivity index is 1.50. The third-order valence-electron chi connectivity index (χ3n) is 6.94.